The van der Waals surface area contributed by atoms with Gasteiger partial charge in [-0.3, -0.25) is 9.59 Å². The zero-order valence-electron chi connectivity index (χ0n) is 17.8. The maximum Gasteiger partial charge on any atom is 0.253 e. The van der Waals surface area contributed by atoms with Crippen LogP contribution in [-0.2, 0) is 4.79 Å². The Labute approximate surface area is 181 Å². The number of likely N-dealkylation sites (tertiary alicyclic amines) is 1. The Balaban J connectivity index is 1.40. The van der Waals surface area contributed by atoms with Gasteiger partial charge in [0.2, 0.25) is 17.6 Å². The van der Waals surface area contributed by atoms with Gasteiger partial charge in [0.15, 0.2) is 0 Å². The Morgan fingerprint density at radius 2 is 1.90 bits per heavy atom. The molecule has 1 saturated heterocycles. The summed E-state index contributed by atoms with van der Waals surface area (Å²) in [6.45, 7) is 5.12. The maximum absolute atomic E-state index is 12.8. The van der Waals surface area contributed by atoms with Gasteiger partial charge < -0.3 is 14.7 Å². The van der Waals surface area contributed by atoms with Crippen molar-refractivity contribution in [3.63, 3.8) is 0 Å². The molecule has 31 heavy (non-hydrogen) atoms. The van der Waals surface area contributed by atoms with Gasteiger partial charge in [0.1, 0.15) is 0 Å². The topological polar surface area (TPSA) is 88.3 Å². The smallest absolute Gasteiger partial charge is 0.253 e. The number of hydrogen-bond acceptors (Lipinski definition) is 5. The van der Waals surface area contributed by atoms with E-state index in [1.165, 1.54) is 0 Å². The highest BCUT2D eigenvalue weighted by atomic mass is 16.5. The molecule has 1 fully saturated rings. The average Bonchev–Trinajstić information content (AvgIpc) is 3.29. The van der Waals surface area contributed by atoms with Crippen molar-refractivity contribution in [2.45, 2.75) is 39.0 Å². The molecule has 0 aliphatic carbocycles. The minimum Gasteiger partial charge on any atom is -0.339 e. The van der Waals surface area contributed by atoms with Crippen LogP contribution < -0.4 is 5.32 Å². The molecule has 1 N–H and O–H groups in total. The lowest BCUT2D eigenvalue weighted by Gasteiger charge is -2.30. The molecule has 2 aromatic carbocycles. The second-order valence-corrected chi connectivity index (χ2v) is 7.87. The van der Waals surface area contributed by atoms with Crippen LogP contribution in [0.15, 0.2) is 53.1 Å². The van der Waals surface area contributed by atoms with Crippen LogP contribution in [0.3, 0.4) is 0 Å². The van der Waals surface area contributed by atoms with Gasteiger partial charge in [-0.05, 0) is 44.0 Å². The third-order valence-electron chi connectivity index (χ3n) is 5.56. The Morgan fingerprint density at radius 3 is 2.65 bits per heavy atom. The number of hydrogen-bond donors (Lipinski definition) is 1. The number of nitrogens with zero attached hydrogens (tertiary/aromatic N) is 3. The first kappa shape index (κ1) is 20.8. The van der Waals surface area contributed by atoms with E-state index in [0.717, 1.165) is 29.5 Å². The van der Waals surface area contributed by atoms with E-state index in [9.17, 15) is 9.59 Å². The number of rotatable bonds is 5. The lowest BCUT2D eigenvalue weighted by molar-refractivity contribution is -0.115. The second kappa shape index (κ2) is 9.12. The fourth-order valence-electron chi connectivity index (χ4n) is 3.79. The quantitative estimate of drug-likeness (QED) is 0.663. The van der Waals surface area contributed by atoms with Crippen LogP contribution in [0, 0.1) is 6.92 Å². The predicted octanol–water partition coefficient (Wildman–Crippen LogP) is 4.41. The van der Waals surface area contributed by atoms with Crippen LogP contribution in [0.25, 0.3) is 11.4 Å². The summed E-state index contributed by atoms with van der Waals surface area (Å²) < 4.78 is 5.54. The number of carbonyl (C=O) groups excluding carboxylic acids is 2. The van der Waals surface area contributed by atoms with Gasteiger partial charge in [-0.2, -0.15) is 4.98 Å². The summed E-state index contributed by atoms with van der Waals surface area (Å²) in [5, 5.41) is 6.98. The van der Waals surface area contributed by atoms with E-state index in [1.54, 1.807) is 0 Å². The van der Waals surface area contributed by atoms with Crippen molar-refractivity contribution in [3.8, 4) is 11.4 Å². The van der Waals surface area contributed by atoms with Crippen molar-refractivity contribution in [1.82, 2.24) is 15.0 Å². The molecule has 160 valence electrons. The molecule has 0 spiro atoms. The lowest BCUT2D eigenvalue weighted by Crippen LogP contribution is -2.38. The second-order valence-electron chi connectivity index (χ2n) is 7.87. The standard InChI is InChI=1S/C24H26N4O3/c1-3-21(29)25-20-9-5-7-18(15-20)22-26-23(31-27-22)17-10-12-28(13-11-17)24(30)19-8-4-6-16(2)14-19/h4-9,14-15,17H,3,10-13H2,1-2H3,(H,25,29). The summed E-state index contributed by atoms with van der Waals surface area (Å²) in [4.78, 5) is 30.9. The summed E-state index contributed by atoms with van der Waals surface area (Å²) in [6, 6.07) is 15.1. The fourth-order valence-corrected chi connectivity index (χ4v) is 3.79. The molecule has 1 aliphatic rings. The van der Waals surface area contributed by atoms with Gasteiger partial charge in [0.05, 0.1) is 0 Å². The zero-order chi connectivity index (χ0) is 21.8. The van der Waals surface area contributed by atoms with Crippen LogP contribution in [0.4, 0.5) is 5.69 Å². The van der Waals surface area contributed by atoms with Crippen molar-refractivity contribution in [3.05, 3.63) is 65.5 Å². The molecule has 0 radical (unpaired) electrons. The number of amides is 2. The van der Waals surface area contributed by atoms with Crippen molar-refractivity contribution in [1.29, 1.82) is 0 Å². The van der Waals surface area contributed by atoms with E-state index in [2.05, 4.69) is 15.5 Å². The summed E-state index contributed by atoms with van der Waals surface area (Å²) in [6.07, 6.45) is 1.99. The minimum atomic E-state index is -0.0436. The molecule has 0 unspecified atom stereocenters. The van der Waals surface area contributed by atoms with E-state index in [-0.39, 0.29) is 17.7 Å². The van der Waals surface area contributed by atoms with E-state index in [4.69, 9.17) is 4.52 Å². The normalized spacial score (nSPS) is 14.5. The Morgan fingerprint density at radius 1 is 1.13 bits per heavy atom. The largest absolute Gasteiger partial charge is 0.339 e. The van der Waals surface area contributed by atoms with E-state index in [1.807, 2.05) is 67.3 Å². The van der Waals surface area contributed by atoms with Gasteiger partial charge in [-0.15, -0.1) is 0 Å². The molecule has 2 amide bonds. The van der Waals surface area contributed by atoms with Crippen LogP contribution in [-0.4, -0.2) is 39.9 Å². The first-order chi connectivity index (χ1) is 15.0. The van der Waals surface area contributed by atoms with Crippen LogP contribution in [0.5, 0.6) is 0 Å². The van der Waals surface area contributed by atoms with Crippen LogP contribution >= 0.6 is 0 Å². The molecule has 1 aromatic heterocycles. The number of piperidine rings is 1. The summed E-state index contributed by atoms with van der Waals surface area (Å²) in [7, 11) is 0. The average molecular weight is 418 g/mol. The first-order valence-electron chi connectivity index (χ1n) is 10.6. The van der Waals surface area contributed by atoms with Crippen molar-refractivity contribution in [2.24, 2.45) is 0 Å². The minimum absolute atomic E-state index is 0.0436. The Bertz CT molecular complexity index is 1080. The molecule has 0 saturated carbocycles. The lowest BCUT2D eigenvalue weighted by atomic mass is 9.96. The SMILES string of the molecule is CCC(=O)Nc1cccc(-c2noc(C3CCN(C(=O)c4cccc(C)c4)CC3)n2)c1. The van der Waals surface area contributed by atoms with Gasteiger partial charge in [-0.1, -0.05) is 41.9 Å². The highest BCUT2D eigenvalue weighted by molar-refractivity contribution is 5.94. The third-order valence-corrected chi connectivity index (χ3v) is 5.56. The van der Waals surface area contributed by atoms with Crippen LogP contribution in [0.1, 0.15) is 53.9 Å². The van der Waals surface area contributed by atoms with Crippen molar-refractivity contribution < 1.29 is 14.1 Å². The molecule has 7 nitrogen and oxygen atoms in total. The maximum atomic E-state index is 12.8. The number of anilines is 1. The molecule has 7 heteroatoms. The highest BCUT2D eigenvalue weighted by Crippen LogP contribution is 2.29. The summed E-state index contributed by atoms with van der Waals surface area (Å²) in [5.41, 5.74) is 3.31. The first-order valence-corrected chi connectivity index (χ1v) is 10.6. The number of aromatic nitrogens is 2. The predicted molar refractivity (Wildman–Crippen MR) is 118 cm³/mol. The number of benzene rings is 2. The molecule has 1 aliphatic heterocycles. The number of carbonyl (C=O) groups is 2. The van der Waals surface area contributed by atoms with Gasteiger partial charge in [0, 0.05) is 42.2 Å². The number of aryl methyl sites for hydroxylation is 1. The molecule has 4 rings (SSSR count). The summed E-state index contributed by atoms with van der Waals surface area (Å²) in [5.74, 6) is 1.25. The Kier molecular flexibility index (Phi) is 6.11. The van der Waals surface area contributed by atoms with Gasteiger partial charge in [-0.25, -0.2) is 0 Å². The molecule has 0 bridgehead atoms. The monoisotopic (exact) mass is 418 g/mol. The van der Waals surface area contributed by atoms with Gasteiger partial charge in [0.25, 0.3) is 5.91 Å². The van der Waals surface area contributed by atoms with Gasteiger partial charge >= 0.3 is 0 Å². The van der Waals surface area contributed by atoms with Crippen LogP contribution in [0.2, 0.25) is 0 Å². The Hall–Kier alpha value is -3.48. The molecular weight excluding hydrogens is 392 g/mol. The van der Waals surface area contributed by atoms with Crippen molar-refractivity contribution >= 4 is 17.5 Å². The van der Waals surface area contributed by atoms with E-state index < -0.39 is 0 Å². The van der Waals surface area contributed by atoms with E-state index >= 15 is 0 Å². The van der Waals surface area contributed by atoms with Crippen molar-refractivity contribution in [2.75, 3.05) is 18.4 Å². The third kappa shape index (κ3) is 4.82. The fraction of sp³-hybridized carbons (Fsp3) is 0.333. The number of nitrogens with one attached hydrogen (secondary N) is 1. The summed E-state index contributed by atoms with van der Waals surface area (Å²) >= 11 is 0. The molecule has 2 heterocycles. The molecular formula is C24H26N4O3. The molecule has 0 atom stereocenters. The molecule has 3 aromatic rings. The zero-order valence-corrected chi connectivity index (χ0v) is 17.8. The highest BCUT2D eigenvalue weighted by Gasteiger charge is 2.28. The van der Waals surface area contributed by atoms with E-state index in [0.29, 0.717) is 36.9 Å².